The number of anilines is 1. The number of methoxy groups -OCH3 is 1. The van der Waals surface area contributed by atoms with E-state index in [0.29, 0.717) is 23.7 Å². The number of aromatic nitrogens is 4. The Morgan fingerprint density at radius 3 is 2.70 bits per heavy atom. The van der Waals surface area contributed by atoms with Crippen LogP contribution in [0, 0.1) is 13.8 Å². The van der Waals surface area contributed by atoms with Crippen LogP contribution in [0.15, 0.2) is 36.4 Å². The largest absolute Gasteiger partial charge is 0.504 e. The van der Waals surface area contributed by atoms with Crippen LogP contribution in [0.5, 0.6) is 11.5 Å². The Labute approximate surface area is 156 Å². The molecular weight excluding hydrogens is 346 g/mol. The summed E-state index contributed by atoms with van der Waals surface area (Å²) in [6, 6.07) is 10.7. The Morgan fingerprint density at radius 2 is 2.04 bits per heavy atom. The Bertz CT molecular complexity index is 941. The number of benzene rings is 2. The first-order valence-electron chi connectivity index (χ1n) is 8.45. The van der Waals surface area contributed by atoms with Gasteiger partial charge in [-0.3, -0.25) is 4.79 Å². The van der Waals surface area contributed by atoms with Crippen molar-refractivity contribution in [3.63, 3.8) is 0 Å². The number of carbonyl (C=O) groups is 1. The maximum absolute atomic E-state index is 12.9. The summed E-state index contributed by atoms with van der Waals surface area (Å²) in [4.78, 5) is 12.9. The number of phenols is 1. The van der Waals surface area contributed by atoms with Gasteiger partial charge in [-0.1, -0.05) is 17.3 Å². The second-order valence-corrected chi connectivity index (χ2v) is 6.32. The minimum atomic E-state index is -0.653. The number of H-pyrrole nitrogens is 1. The molecule has 0 aliphatic rings. The van der Waals surface area contributed by atoms with Gasteiger partial charge in [-0.25, -0.2) is 0 Å². The third-order valence-corrected chi connectivity index (χ3v) is 4.45. The van der Waals surface area contributed by atoms with Crippen molar-refractivity contribution in [2.24, 2.45) is 0 Å². The van der Waals surface area contributed by atoms with E-state index in [2.05, 4.69) is 25.9 Å². The lowest BCUT2D eigenvalue weighted by Gasteiger charge is -2.15. The number of carbonyl (C=O) groups excluding carboxylic acids is 1. The number of phenolic OH excluding ortho intramolecular Hbond substituents is 1. The summed E-state index contributed by atoms with van der Waals surface area (Å²) in [5, 5.41) is 26.6. The van der Waals surface area contributed by atoms with Crippen molar-refractivity contribution >= 4 is 11.6 Å². The minimum Gasteiger partial charge on any atom is -0.504 e. The highest BCUT2D eigenvalue weighted by Gasteiger charge is 2.26. The highest BCUT2D eigenvalue weighted by Crippen LogP contribution is 2.29. The average molecular weight is 367 g/mol. The predicted octanol–water partition coefficient (Wildman–Crippen LogP) is 2.50. The second-order valence-electron chi connectivity index (χ2n) is 6.32. The van der Waals surface area contributed by atoms with Crippen LogP contribution in [0.1, 0.15) is 28.4 Å². The molecular formula is C19H21N5O3. The molecule has 1 atom stereocenters. The zero-order valence-corrected chi connectivity index (χ0v) is 15.4. The Hall–Kier alpha value is -3.42. The van der Waals surface area contributed by atoms with Crippen molar-refractivity contribution in [1.29, 1.82) is 0 Å². The van der Waals surface area contributed by atoms with Crippen molar-refractivity contribution in [2.45, 2.75) is 26.2 Å². The Kier molecular flexibility index (Phi) is 5.35. The molecule has 0 radical (unpaired) electrons. The van der Waals surface area contributed by atoms with Gasteiger partial charge in [0.25, 0.3) is 0 Å². The zero-order valence-electron chi connectivity index (χ0n) is 15.4. The molecule has 1 heterocycles. The van der Waals surface area contributed by atoms with Crippen LogP contribution in [-0.4, -0.2) is 38.7 Å². The molecule has 8 nitrogen and oxygen atoms in total. The summed E-state index contributed by atoms with van der Waals surface area (Å²) in [5.41, 5.74) is 3.75. The van der Waals surface area contributed by atoms with E-state index in [0.717, 1.165) is 16.7 Å². The Balaban J connectivity index is 1.85. The highest BCUT2D eigenvalue weighted by molar-refractivity contribution is 5.95. The number of aromatic amines is 1. The molecule has 1 aromatic heterocycles. The molecule has 0 fully saturated rings. The summed E-state index contributed by atoms with van der Waals surface area (Å²) < 4.78 is 5.14. The van der Waals surface area contributed by atoms with Gasteiger partial charge in [0.15, 0.2) is 17.3 Å². The number of rotatable bonds is 6. The van der Waals surface area contributed by atoms with E-state index in [1.807, 2.05) is 32.0 Å². The second kappa shape index (κ2) is 7.86. The van der Waals surface area contributed by atoms with Gasteiger partial charge in [0.05, 0.1) is 7.11 Å². The number of hydrogen-bond acceptors (Lipinski definition) is 6. The van der Waals surface area contributed by atoms with Crippen molar-refractivity contribution in [3.8, 4) is 11.5 Å². The number of aryl methyl sites for hydroxylation is 2. The lowest BCUT2D eigenvalue weighted by molar-refractivity contribution is -0.117. The fraction of sp³-hybridized carbons (Fsp3) is 0.263. The van der Waals surface area contributed by atoms with Crippen LogP contribution in [0.2, 0.25) is 0 Å². The number of amides is 1. The molecule has 0 saturated heterocycles. The molecule has 1 amide bonds. The first-order chi connectivity index (χ1) is 13.0. The van der Waals surface area contributed by atoms with Crippen molar-refractivity contribution in [2.75, 3.05) is 12.4 Å². The number of nitrogens with zero attached hydrogens (tertiary/aromatic N) is 3. The summed E-state index contributed by atoms with van der Waals surface area (Å²) >= 11 is 0. The molecule has 27 heavy (non-hydrogen) atoms. The van der Waals surface area contributed by atoms with E-state index < -0.39 is 5.92 Å². The minimum absolute atomic E-state index is 0.0388. The molecule has 140 valence electrons. The van der Waals surface area contributed by atoms with Gasteiger partial charge in [0, 0.05) is 5.69 Å². The van der Waals surface area contributed by atoms with Crippen LogP contribution in [0.25, 0.3) is 0 Å². The lowest BCUT2D eigenvalue weighted by Crippen LogP contribution is -2.24. The van der Waals surface area contributed by atoms with E-state index in [1.54, 1.807) is 12.1 Å². The van der Waals surface area contributed by atoms with E-state index in [4.69, 9.17) is 4.74 Å². The number of hydrogen-bond donors (Lipinski definition) is 3. The third kappa shape index (κ3) is 4.22. The van der Waals surface area contributed by atoms with Gasteiger partial charge in [0.2, 0.25) is 5.91 Å². The monoisotopic (exact) mass is 367 g/mol. The van der Waals surface area contributed by atoms with E-state index in [9.17, 15) is 9.90 Å². The van der Waals surface area contributed by atoms with Gasteiger partial charge >= 0.3 is 0 Å². The van der Waals surface area contributed by atoms with E-state index in [-0.39, 0.29) is 11.7 Å². The van der Waals surface area contributed by atoms with Gasteiger partial charge in [-0.15, -0.1) is 10.2 Å². The number of aromatic hydroxyl groups is 1. The molecule has 3 rings (SSSR count). The smallest absolute Gasteiger partial charge is 0.235 e. The quantitative estimate of drug-likeness (QED) is 0.617. The first kappa shape index (κ1) is 18.4. The number of tetrazole rings is 1. The van der Waals surface area contributed by atoms with Gasteiger partial charge < -0.3 is 15.2 Å². The molecule has 0 aliphatic carbocycles. The van der Waals surface area contributed by atoms with Crippen LogP contribution in [0.4, 0.5) is 5.69 Å². The van der Waals surface area contributed by atoms with Crippen LogP contribution in [0.3, 0.4) is 0 Å². The molecule has 0 aliphatic heterocycles. The third-order valence-electron chi connectivity index (χ3n) is 4.45. The molecule has 3 aromatic rings. The fourth-order valence-electron chi connectivity index (χ4n) is 2.75. The maximum atomic E-state index is 12.9. The number of nitrogens with one attached hydrogen (secondary N) is 2. The molecule has 0 unspecified atom stereocenters. The summed E-state index contributed by atoms with van der Waals surface area (Å²) in [6.45, 7) is 4.01. The SMILES string of the molecule is COc1cc(C[C@H](C(=O)Nc2ccc(C)c(C)c2)c2nn[nH]n2)ccc1O. The van der Waals surface area contributed by atoms with Crippen molar-refractivity contribution in [3.05, 3.63) is 58.9 Å². The molecule has 2 aromatic carbocycles. The average Bonchev–Trinajstić information content (AvgIpc) is 3.18. The van der Waals surface area contributed by atoms with Crippen LogP contribution < -0.4 is 10.1 Å². The van der Waals surface area contributed by atoms with Gasteiger partial charge in [-0.2, -0.15) is 5.21 Å². The lowest BCUT2D eigenvalue weighted by atomic mass is 9.97. The normalized spacial score (nSPS) is 11.8. The molecule has 3 N–H and O–H groups in total. The number of ether oxygens (including phenoxy) is 1. The molecule has 0 bridgehead atoms. The van der Waals surface area contributed by atoms with Crippen molar-refractivity contribution in [1.82, 2.24) is 20.6 Å². The fourth-order valence-corrected chi connectivity index (χ4v) is 2.75. The highest BCUT2D eigenvalue weighted by atomic mass is 16.5. The van der Waals surface area contributed by atoms with Crippen LogP contribution >= 0.6 is 0 Å². The molecule has 0 spiro atoms. The predicted molar refractivity (Wildman–Crippen MR) is 99.8 cm³/mol. The zero-order chi connectivity index (χ0) is 19.4. The van der Waals surface area contributed by atoms with Crippen LogP contribution in [-0.2, 0) is 11.2 Å². The van der Waals surface area contributed by atoms with E-state index >= 15 is 0 Å². The first-order valence-corrected chi connectivity index (χ1v) is 8.45. The maximum Gasteiger partial charge on any atom is 0.235 e. The van der Waals surface area contributed by atoms with Gasteiger partial charge in [0.1, 0.15) is 5.92 Å². The summed E-state index contributed by atoms with van der Waals surface area (Å²) in [7, 11) is 1.47. The standard InChI is InChI=1S/C19H21N5O3/c1-11-4-6-14(8-12(11)2)20-19(26)15(18-21-23-24-22-18)9-13-5-7-16(25)17(10-13)27-3/h4-8,10,15,25H,9H2,1-3H3,(H,20,26)(H,21,22,23,24)/t15-/m0/s1. The summed E-state index contributed by atoms with van der Waals surface area (Å²) in [6.07, 6.45) is 0.326. The molecule has 8 heteroatoms. The topological polar surface area (TPSA) is 113 Å². The summed E-state index contributed by atoms with van der Waals surface area (Å²) in [5.74, 6) is -0.222. The van der Waals surface area contributed by atoms with Gasteiger partial charge in [-0.05, 0) is 61.2 Å². The molecule has 0 saturated carbocycles. The van der Waals surface area contributed by atoms with Crippen molar-refractivity contribution < 1.29 is 14.6 Å². The van der Waals surface area contributed by atoms with E-state index in [1.165, 1.54) is 13.2 Å². The Morgan fingerprint density at radius 1 is 1.22 bits per heavy atom.